The molecule has 0 aromatic heterocycles. The van der Waals surface area contributed by atoms with Crippen molar-refractivity contribution >= 4 is 17.3 Å². The molecule has 0 fully saturated rings. The Bertz CT molecular complexity index is 369. The summed E-state index contributed by atoms with van der Waals surface area (Å²) in [4.78, 5) is 4.45. The van der Waals surface area contributed by atoms with E-state index in [0.29, 0.717) is 5.02 Å². The van der Waals surface area contributed by atoms with Crippen LogP contribution in [0.4, 0.5) is 5.69 Å². The monoisotopic (exact) mass is 270 g/mol. The summed E-state index contributed by atoms with van der Waals surface area (Å²) in [5.74, 6) is 0. The molecule has 0 aliphatic rings. The molecule has 1 N–H and O–H groups in total. The average Bonchev–Trinajstić information content (AvgIpc) is 2.34. The molecule has 0 aliphatic heterocycles. The highest BCUT2D eigenvalue weighted by Gasteiger charge is 2.12. The van der Waals surface area contributed by atoms with Crippen molar-refractivity contribution in [3.63, 3.8) is 0 Å². The van der Waals surface area contributed by atoms with Crippen LogP contribution in [0.5, 0.6) is 0 Å². The van der Waals surface area contributed by atoms with Gasteiger partial charge in [0.1, 0.15) is 0 Å². The van der Waals surface area contributed by atoms with Gasteiger partial charge in [0.15, 0.2) is 0 Å². The van der Waals surface area contributed by atoms with Crippen molar-refractivity contribution < 1.29 is 5.11 Å². The molecule has 0 aliphatic carbocycles. The molecular formula is C14H23ClN2O. The number of hydrogen-bond acceptors (Lipinski definition) is 3. The van der Waals surface area contributed by atoms with E-state index in [1.54, 1.807) is 0 Å². The second kappa shape index (κ2) is 7.62. The van der Waals surface area contributed by atoms with Gasteiger partial charge >= 0.3 is 0 Å². The van der Waals surface area contributed by atoms with Crippen molar-refractivity contribution in [3.05, 3.63) is 28.8 Å². The molecule has 1 rings (SSSR count). The van der Waals surface area contributed by atoms with Crippen LogP contribution in [0.3, 0.4) is 0 Å². The number of likely N-dealkylation sites (N-methyl/N-ethyl adjacent to an activating group) is 1. The van der Waals surface area contributed by atoms with Crippen LogP contribution in [0.15, 0.2) is 18.2 Å². The summed E-state index contributed by atoms with van der Waals surface area (Å²) in [6, 6.07) is 5.80. The molecular weight excluding hydrogens is 248 g/mol. The molecule has 0 heterocycles. The molecule has 1 aromatic rings. The van der Waals surface area contributed by atoms with Crippen molar-refractivity contribution in [2.75, 3.05) is 38.6 Å². The number of anilines is 1. The second-order valence-electron chi connectivity index (χ2n) is 4.69. The summed E-state index contributed by atoms with van der Waals surface area (Å²) >= 11 is 6.14. The SMILES string of the molecule is CCCN(CCN(C)C)c1cccc(Cl)c1CO. The van der Waals surface area contributed by atoms with Gasteiger partial charge in [-0.25, -0.2) is 0 Å². The quantitative estimate of drug-likeness (QED) is 0.825. The first-order chi connectivity index (χ1) is 8.60. The highest BCUT2D eigenvalue weighted by Crippen LogP contribution is 2.27. The molecule has 0 saturated heterocycles. The predicted molar refractivity (Wildman–Crippen MR) is 78.4 cm³/mol. The number of nitrogens with zero attached hydrogens (tertiary/aromatic N) is 2. The van der Waals surface area contributed by atoms with E-state index in [-0.39, 0.29) is 6.61 Å². The van der Waals surface area contributed by atoms with Gasteiger partial charge < -0.3 is 14.9 Å². The van der Waals surface area contributed by atoms with Gasteiger partial charge in [0.05, 0.1) is 6.61 Å². The van der Waals surface area contributed by atoms with Crippen LogP contribution >= 0.6 is 11.6 Å². The lowest BCUT2D eigenvalue weighted by Gasteiger charge is -2.28. The van der Waals surface area contributed by atoms with Crippen LogP contribution in [-0.4, -0.2) is 43.7 Å². The first-order valence-electron chi connectivity index (χ1n) is 6.38. The molecule has 18 heavy (non-hydrogen) atoms. The molecule has 0 saturated carbocycles. The number of rotatable bonds is 7. The van der Waals surface area contributed by atoms with Crippen molar-refractivity contribution in [1.82, 2.24) is 4.90 Å². The Morgan fingerprint density at radius 3 is 2.44 bits per heavy atom. The van der Waals surface area contributed by atoms with E-state index in [2.05, 4.69) is 30.8 Å². The Kier molecular flexibility index (Phi) is 6.47. The Morgan fingerprint density at radius 1 is 1.17 bits per heavy atom. The lowest BCUT2D eigenvalue weighted by molar-refractivity contribution is 0.282. The van der Waals surface area contributed by atoms with E-state index in [1.807, 2.05) is 18.2 Å². The van der Waals surface area contributed by atoms with Gasteiger partial charge in [0.25, 0.3) is 0 Å². The molecule has 102 valence electrons. The molecule has 0 amide bonds. The summed E-state index contributed by atoms with van der Waals surface area (Å²) in [5, 5.41) is 10.1. The third-order valence-electron chi connectivity index (χ3n) is 2.90. The maximum atomic E-state index is 9.47. The van der Waals surface area contributed by atoms with Gasteiger partial charge in [0, 0.05) is 35.9 Å². The Morgan fingerprint density at radius 2 is 1.89 bits per heavy atom. The number of benzene rings is 1. The van der Waals surface area contributed by atoms with E-state index in [9.17, 15) is 5.11 Å². The Labute approximate surface area is 115 Å². The Balaban J connectivity index is 2.93. The zero-order valence-electron chi connectivity index (χ0n) is 11.5. The number of halogens is 1. The summed E-state index contributed by atoms with van der Waals surface area (Å²) in [5.41, 5.74) is 1.88. The van der Waals surface area contributed by atoms with Gasteiger partial charge in [-0.15, -0.1) is 0 Å². The predicted octanol–water partition coefficient (Wildman–Crippen LogP) is 2.61. The van der Waals surface area contributed by atoms with Crippen LogP contribution < -0.4 is 4.90 Å². The first-order valence-corrected chi connectivity index (χ1v) is 6.75. The fourth-order valence-corrected chi connectivity index (χ4v) is 2.17. The maximum absolute atomic E-state index is 9.47. The summed E-state index contributed by atoms with van der Waals surface area (Å²) in [7, 11) is 4.13. The Hall–Kier alpha value is -0.770. The summed E-state index contributed by atoms with van der Waals surface area (Å²) < 4.78 is 0. The van der Waals surface area contributed by atoms with Gasteiger partial charge in [-0.2, -0.15) is 0 Å². The highest BCUT2D eigenvalue weighted by atomic mass is 35.5. The number of aliphatic hydroxyl groups is 1. The average molecular weight is 271 g/mol. The van der Waals surface area contributed by atoms with Crippen LogP contribution in [0.25, 0.3) is 0 Å². The van der Waals surface area contributed by atoms with Crippen LogP contribution in [0.1, 0.15) is 18.9 Å². The lowest BCUT2D eigenvalue weighted by atomic mass is 10.1. The fourth-order valence-electron chi connectivity index (χ4n) is 1.94. The van der Waals surface area contributed by atoms with Gasteiger partial charge in [-0.05, 0) is 32.6 Å². The third-order valence-corrected chi connectivity index (χ3v) is 3.26. The molecule has 3 nitrogen and oxygen atoms in total. The van der Waals surface area contributed by atoms with E-state index >= 15 is 0 Å². The standard InChI is InChI=1S/C14H23ClN2O/c1-4-8-17(10-9-16(2)3)14-7-5-6-13(15)12(14)11-18/h5-7,18H,4,8-11H2,1-3H3. The van der Waals surface area contributed by atoms with E-state index in [0.717, 1.165) is 37.3 Å². The maximum Gasteiger partial charge on any atom is 0.0716 e. The van der Waals surface area contributed by atoms with Crippen LogP contribution in [0.2, 0.25) is 5.02 Å². The smallest absolute Gasteiger partial charge is 0.0716 e. The number of aliphatic hydroxyl groups excluding tert-OH is 1. The molecule has 0 spiro atoms. The summed E-state index contributed by atoms with van der Waals surface area (Å²) in [6.07, 6.45) is 1.07. The van der Waals surface area contributed by atoms with E-state index in [1.165, 1.54) is 0 Å². The summed E-state index contributed by atoms with van der Waals surface area (Å²) in [6.45, 7) is 5.04. The van der Waals surface area contributed by atoms with Crippen molar-refractivity contribution in [2.45, 2.75) is 20.0 Å². The van der Waals surface area contributed by atoms with E-state index < -0.39 is 0 Å². The third kappa shape index (κ3) is 4.16. The molecule has 0 atom stereocenters. The minimum Gasteiger partial charge on any atom is -0.392 e. The lowest BCUT2D eigenvalue weighted by Crippen LogP contribution is -2.33. The molecule has 1 aromatic carbocycles. The molecule has 4 heteroatoms. The van der Waals surface area contributed by atoms with Crippen LogP contribution in [0, 0.1) is 0 Å². The van der Waals surface area contributed by atoms with Gasteiger partial charge in [-0.1, -0.05) is 24.6 Å². The second-order valence-corrected chi connectivity index (χ2v) is 5.09. The van der Waals surface area contributed by atoms with E-state index in [4.69, 9.17) is 11.6 Å². The molecule has 0 radical (unpaired) electrons. The zero-order valence-corrected chi connectivity index (χ0v) is 12.2. The topological polar surface area (TPSA) is 26.7 Å². The van der Waals surface area contributed by atoms with Crippen molar-refractivity contribution in [1.29, 1.82) is 0 Å². The van der Waals surface area contributed by atoms with Crippen molar-refractivity contribution in [3.8, 4) is 0 Å². The normalized spacial score (nSPS) is 11.0. The fraction of sp³-hybridized carbons (Fsp3) is 0.571. The highest BCUT2D eigenvalue weighted by molar-refractivity contribution is 6.31. The minimum absolute atomic E-state index is 0.0167. The van der Waals surface area contributed by atoms with Crippen LogP contribution in [-0.2, 0) is 6.61 Å². The molecule has 0 bridgehead atoms. The zero-order chi connectivity index (χ0) is 13.5. The van der Waals surface area contributed by atoms with Crippen molar-refractivity contribution in [2.24, 2.45) is 0 Å². The number of hydrogen-bond donors (Lipinski definition) is 1. The molecule has 0 unspecified atom stereocenters. The first kappa shape index (κ1) is 15.3. The van der Waals surface area contributed by atoms with Gasteiger partial charge in [-0.3, -0.25) is 0 Å². The van der Waals surface area contributed by atoms with Gasteiger partial charge in [0.2, 0.25) is 0 Å². The minimum atomic E-state index is -0.0167. The largest absolute Gasteiger partial charge is 0.392 e.